The van der Waals surface area contributed by atoms with Gasteiger partial charge in [0.25, 0.3) is 0 Å². The van der Waals surface area contributed by atoms with Crippen LogP contribution in [0.5, 0.6) is 0 Å². The van der Waals surface area contributed by atoms with Gasteiger partial charge in [0.1, 0.15) is 0 Å². The SMILES string of the molecule is CCCC[Si+3].[Cl-].[Cl-].[Cl-]. The first-order valence-electron chi connectivity index (χ1n) is 2.06. The van der Waals surface area contributed by atoms with Crippen molar-refractivity contribution in [3.05, 3.63) is 0 Å². The normalized spacial score (nSPS) is 5.38. The van der Waals surface area contributed by atoms with Gasteiger partial charge in [-0.05, 0) is 0 Å². The Bertz CT molecular complexity index is 18.8. The van der Waals surface area contributed by atoms with Gasteiger partial charge in [-0.1, -0.05) is 0 Å². The molecule has 4 heteroatoms. The minimum atomic E-state index is 0. The van der Waals surface area contributed by atoms with Gasteiger partial charge in [0, 0.05) is 0 Å². The largest absolute Gasteiger partial charge is 1.00 e. The Hall–Kier alpha value is 1.09. The second kappa shape index (κ2) is 24.3. The molecule has 0 aliphatic carbocycles. The van der Waals surface area contributed by atoms with Gasteiger partial charge in [0.2, 0.25) is 0 Å². The van der Waals surface area contributed by atoms with Crippen molar-refractivity contribution in [2.24, 2.45) is 0 Å². The topological polar surface area (TPSA) is 0 Å². The maximum Gasteiger partial charge on any atom is -1.00 e. The van der Waals surface area contributed by atoms with E-state index in [9.17, 15) is 0 Å². The number of hydrogen-bond donors (Lipinski definition) is 0. The second-order valence-corrected chi connectivity index (χ2v) is 1.60. The van der Waals surface area contributed by atoms with Crippen LogP contribution in [0.4, 0.5) is 0 Å². The van der Waals surface area contributed by atoms with E-state index >= 15 is 0 Å². The van der Waals surface area contributed by atoms with Crippen molar-refractivity contribution in [2.45, 2.75) is 25.8 Å². The van der Waals surface area contributed by atoms with Gasteiger partial charge < -0.3 is 37.2 Å². The fourth-order valence-electron chi connectivity index (χ4n) is 0.177. The van der Waals surface area contributed by atoms with Crippen LogP contribution in [0.25, 0.3) is 0 Å². The summed E-state index contributed by atoms with van der Waals surface area (Å²) in [7, 11) is 3.35. The van der Waals surface area contributed by atoms with Crippen molar-refractivity contribution < 1.29 is 37.2 Å². The van der Waals surface area contributed by atoms with E-state index in [0.29, 0.717) is 0 Å². The van der Waals surface area contributed by atoms with Gasteiger partial charge in [-0.3, -0.25) is 0 Å². The minimum Gasteiger partial charge on any atom is -1.00 e. The summed E-state index contributed by atoms with van der Waals surface area (Å²) in [5.41, 5.74) is 0. The average Bonchev–Trinajstić information content (AvgIpc) is 1.41. The van der Waals surface area contributed by atoms with Gasteiger partial charge in [-0.15, -0.1) is 0 Å². The number of hydrogen-bond acceptors (Lipinski definition) is 0. The van der Waals surface area contributed by atoms with E-state index in [4.69, 9.17) is 0 Å². The molecule has 0 amide bonds. The van der Waals surface area contributed by atoms with Crippen LogP contribution in [0, 0.1) is 0 Å². The van der Waals surface area contributed by atoms with Crippen LogP contribution in [-0.4, -0.2) is 10.2 Å². The van der Waals surface area contributed by atoms with Crippen molar-refractivity contribution >= 4 is 10.2 Å². The Morgan fingerprint density at radius 3 is 1.50 bits per heavy atom. The fraction of sp³-hybridized carbons (Fsp3) is 1.00. The van der Waals surface area contributed by atoms with E-state index in [1.54, 1.807) is 0 Å². The van der Waals surface area contributed by atoms with Crippen molar-refractivity contribution in [2.75, 3.05) is 0 Å². The molecule has 0 aromatic heterocycles. The van der Waals surface area contributed by atoms with Crippen LogP contribution < -0.4 is 37.2 Å². The standard InChI is InChI=1S/C4H9Si.3ClH/c1-2-3-4-5;;;/h2-4H2,1H3;3*1H/q+3;;;/p-3. The number of halogens is 3. The Labute approximate surface area is 73.5 Å². The van der Waals surface area contributed by atoms with E-state index in [-0.39, 0.29) is 37.2 Å². The summed E-state index contributed by atoms with van der Waals surface area (Å²) >= 11 is 0. The van der Waals surface area contributed by atoms with Gasteiger partial charge in [-0.25, -0.2) is 0 Å². The summed E-state index contributed by atoms with van der Waals surface area (Å²) in [6.07, 6.45) is 2.60. The van der Waals surface area contributed by atoms with Crippen molar-refractivity contribution in [1.29, 1.82) is 0 Å². The van der Waals surface area contributed by atoms with Crippen LogP contribution in [0.15, 0.2) is 0 Å². The Morgan fingerprint density at radius 1 is 1.12 bits per heavy atom. The summed E-state index contributed by atoms with van der Waals surface area (Å²) in [6, 6.07) is 1.15. The zero-order valence-electron chi connectivity index (χ0n) is 4.76. The van der Waals surface area contributed by atoms with Crippen molar-refractivity contribution in [1.82, 2.24) is 0 Å². The summed E-state index contributed by atoms with van der Waals surface area (Å²) < 4.78 is 0. The van der Waals surface area contributed by atoms with Gasteiger partial charge in [0.15, 0.2) is 0 Å². The molecule has 0 aromatic rings. The minimum absolute atomic E-state index is 0. The summed E-state index contributed by atoms with van der Waals surface area (Å²) in [5, 5.41) is 0. The first-order valence-corrected chi connectivity index (χ1v) is 2.77. The molecule has 50 valence electrons. The summed E-state index contributed by atoms with van der Waals surface area (Å²) in [6.45, 7) is 2.18. The molecule has 0 spiro atoms. The van der Waals surface area contributed by atoms with Crippen LogP contribution in [0.2, 0.25) is 6.04 Å². The van der Waals surface area contributed by atoms with Crippen LogP contribution in [-0.2, 0) is 0 Å². The molecular formula is C4H9Cl3Si. The molecule has 0 aromatic carbocycles. The first-order chi connectivity index (χ1) is 2.41. The molecular weight excluding hydrogens is 182 g/mol. The molecule has 0 aliphatic heterocycles. The third-order valence-corrected chi connectivity index (χ3v) is 0.884. The Kier molecular flexibility index (Phi) is 69.8. The van der Waals surface area contributed by atoms with Crippen molar-refractivity contribution in [3.63, 3.8) is 0 Å². The van der Waals surface area contributed by atoms with E-state index in [2.05, 4.69) is 17.2 Å². The van der Waals surface area contributed by atoms with Crippen LogP contribution in [0.1, 0.15) is 19.8 Å². The van der Waals surface area contributed by atoms with Gasteiger partial charge >= 0.3 is 36.1 Å². The quantitative estimate of drug-likeness (QED) is 0.381. The average molecular weight is 192 g/mol. The fourth-order valence-corrected chi connectivity index (χ4v) is 0.530. The van der Waals surface area contributed by atoms with E-state index < -0.39 is 0 Å². The molecule has 0 atom stereocenters. The van der Waals surface area contributed by atoms with E-state index in [0.717, 1.165) is 6.04 Å². The molecule has 0 fully saturated rings. The zero-order chi connectivity index (χ0) is 4.12. The maximum atomic E-state index is 3.35. The number of unbranched alkanes of at least 4 members (excludes halogenated alkanes) is 1. The second-order valence-electron chi connectivity index (χ2n) is 1.10. The molecule has 0 bridgehead atoms. The molecule has 0 saturated heterocycles. The van der Waals surface area contributed by atoms with Crippen LogP contribution in [0.3, 0.4) is 0 Å². The molecule has 0 heterocycles. The third kappa shape index (κ3) is 27.6. The maximum absolute atomic E-state index is 3.35. The smallest absolute Gasteiger partial charge is 1.00 e. The molecule has 0 nitrogen and oxygen atoms in total. The van der Waals surface area contributed by atoms with Crippen molar-refractivity contribution in [3.8, 4) is 0 Å². The number of rotatable bonds is 2. The Morgan fingerprint density at radius 2 is 1.50 bits per heavy atom. The summed E-state index contributed by atoms with van der Waals surface area (Å²) in [5.74, 6) is 0. The van der Waals surface area contributed by atoms with Crippen LogP contribution >= 0.6 is 0 Å². The van der Waals surface area contributed by atoms with Gasteiger partial charge in [0.05, 0.1) is 0 Å². The molecule has 0 unspecified atom stereocenters. The molecule has 8 heavy (non-hydrogen) atoms. The predicted molar refractivity (Wildman–Crippen MR) is 25.5 cm³/mol. The van der Waals surface area contributed by atoms with E-state index in [1.165, 1.54) is 12.8 Å². The summed E-state index contributed by atoms with van der Waals surface area (Å²) in [4.78, 5) is 0. The molecule has 0 radical (unpaired) electrons. The van der Waals surface area contributed by atoms with E-state index in [1.807, 2.05) is 0 Å². The molecule has 0 N–H and O–H groups in total. The predicted octanol–water partition coefficient (Wildman–Crippen LogP) is -7.61. The zero-order valence-corrected chi connectivity index (χ0v) is 8.02. The third-order valence-electron chi connectivity index (χ3n) is 0.530. The van der Waals surface area contributed by atoms with Gasteiger partial charge in [-0.2, -0.15) is 0 Å². The molecule has 0 aliphatic rings. The first kappa shape index (κ1) is 23.0. The monoisotopic (exact) mass is 190 g/mol. The molecule has 0 saturated carbocycles. The Balaban J connectivity index is -0.0000000267. The molecule has 0 rings (SSSR count).